The fourth-order valence-electron chi connectivity index (χ4n) is 4.24. The maximum absolute atomic E-state index is 12.1. The van der Waals surface area contributed by atoms with Gasteiger partial charge in [0.2, 0.25) is 5.88 Å². The number of aromatic nitrogens is 3. The van der Waals surface area contributed by atoms with Crippen LogP contribution < -0.4 is 5.32 Å². The fraction of sp³-hybridized carbons (Fsp3) is 0.194. The molecule has 0 bridgehead atoms. The van der Waals surface area contributed by atoms with Crippen LogP contribution in [0.15, 0.2) is 91.1 Å². The second-order valence-corrected chi connectivity index (χ2v) is 10.2. The molecular formula is C31H30N4O3. The average Bonchev–Trinajstić information content (AvgIpc) is 3.20. The van der Waals surface area contributed by atoms with Crippen molar-refractivity contribution in [3.63, 3.8) is 0 Å². The van der Waals surface area contributed by atoms with Crippen LogP contribution in [0.2, 0.25) is 0 Å². The zero-order valence-electron chi connectivity index (χ0n) is 21.7. The number of benzene rings is 3. The van der Waals surface area contributed by atoms with Gasteiger partial charge < -0.3 is 9.84 Å². The molecule has 0 radical (unpaired) electrons. The highest BCUT2D eigenvalue weighted by Crippen LogP contribution is 2.28. The van der Waals surface area contributed by atoms with Gasteiger partial charge in [-0.05, 0) is 44.0 Å². The lowest BCUT2D eigenvalue weighted by molar-refractivity contribution is 0.0636. The first-order chi connectivity index (χ1) is 18.2. The first-order valence-electron chi connectivity index (χ1n) is 12.5. The van der Waals surface area contributed by atoms with Crippen LogP contribution in [0.1, 0.15) is 43.3 Å². The number of anilines is 1. The summed E-state index contributed by atoms with van der Waals surface area (Å²) in [6.07, 6.45) is 2.34. The molecule has 192 valence electrons. The van der Waals surface area contributed by atoms with Crippen molar-refractivity contribution in [2.24, 2.45) is 0 Å². The molecule has 0 saturated carbocycles. The lowest BCUT2D eigenvalue weighted by Crippen LogP contribution is -2.27. The number of amides is 1. The summed E-state index contributed by atoms with van der Waals surface area (Å²) in [5.74, 6) is 0.0878. The van der Waals surface area contributed by atoms with Crippen molar-refractivity contribution >= 4 is 17.4 Å². The van der Waals surface area contributed by atoms with E-state index in [9.17, 15) is 9.90 Å². The molecule has 5 rings (SSSR count). The highest BCUT2D eigenvalue weighted by molar-refractivity contribution is 5.84. The Bertz CT molecular complexity index is 1550. The molecule has 0 atom stereocenters. The third-order valence-corrected chi connectivity index (χ3v) is 5.97. The van der Waals surface area contributed by atoms with Gasteiger partial charge in [0.15, 0.2) is 5.65 Å². The summed E-state index contributed by atoms with van der Waals surface area (Å²) < 4.78 is 7.03. The summed E-state index contributed by atoms with van der Waals surface area (Å²) in [7, 11) is 0. The quantitative estimate of drug-likeness (QED) is 0.270. The number of nitrogens with zero attached hydrogens (tertiary/aromatic N) is 3. The van der Waals surface area contributed by atoms with Crippen LogP contribution in [0.25, 0.3) is 16.9 Å². The summed E-state index contributed by atoms with van der Waals surface area (Å²) in [6, 6.07) is 27.4. The molecule has 7 nitrogen and oxygen atoms in total. The lowest BCUT2D eigenvalue weighted by Gasteiger charge is -2.19. The number of hydrogen-bond donors (Lipinski definition) is 2. The highest BCUT2D eigenvalue weighted by atomic mass is 16.6. The first kappa shape index (κ1) is 25.0. The van der Waals surface area contributed by atoms with Crippen LogP contribution in [-0.2, 0) is 17.6 Å². The molecular weight excluding hydrogens is 476 g/mol. The van der Waals surface area contributed by atoms with E-state index >= 15 is 0 Å². The Morgan fingerprint density at radius 3 is 2.11 bits per heavy atom. The molecule has 0 fully saturated rings. The van der Waals surface area contributed by atoms with Crippen molar-refractivity contribution in [1.29, 1.82) is 0 Å². The Morgan fingerprint density at radius 1 is 0.842 bits per heavy atom. The van der Waals surface area contributed by atoms with Crippen molar-refractivity contribution in [3.8, 4) is 17.1 Å². The van der Waals surface area contributed by atoms with E-state index in [4.69, 9.17) is 14.7 Å². The molecule has 3 aromatic carbocycles. The average molecular weight is 507 g/mol. The Kier molecular flexibility index (Phi) is 6.83. The van der Waals surface area contributed by atoms with E-state index in [-0.39, 0.29) is 5.88 Å². The summed E-state index contributed by atoms with van der Waals surface area (Å²) in [4.78, 5) is 21.8. The highest BCUT2D eigenvalue weighted by Gasteiger charge is 2.19. The summed E-state index contributed by atoms with van der Waals surface area (Å²) >= 11 is 0. The third-order valence-electron chi connectivity index (χ3n) is 5.97. The van der Waals surface area contributed by atoms with Crippen molar-refractivity contribution in [2.45, 2.75) is 39.2 Å². The number of hydrogen-bond acceptors (Lipinski definition) is 5. The largest absolute Gasteiger partial charge is 0.493 e. The molecule has 0 spiro atoms. The van der Waals surface area contributed by atoms with Crippen molar-refractivity contribution in [2.75, 3.05) is 5.32 Å². The summed E-state index contributed by atoms with van der Waals surface area (Å²) in [5, 5.41) is 13.9. The van der Waals surface area contributed by atoms with Crippen molar-refractivity contribution in [3.05, 3.63) is 114 Å². The SMILES string of the molecule is CC(C)(C)OC(=O)Nc1ccc(Cc2nc3c(Cc4ccccc4)nc(-c4ccccc4)cn3c2O)cc1. The first-order valence-corrected chi connectivity index (χ1v) is 12.5. The molecule has 0 aliphatic carbocycles. The van der Waals surface area contributed by atoms with Gasteiger partial charge in [0.1, 0.15) is 11.3 Å². The second-order valence-electron chi connectivity index (χ2n) is 10.2. The maximum atomic E-state index is 12.1. The van der Waals surface area contributed by atoms with Gasteiger partial charge in [-0.25, -0.2) is 14.8 Å². The second kappa shape index (κ2) is 10.4. The van der Waals surface area contributed by atoms with E-state index in [1.807, 2.05) is 99.8 Å². The predicted octanol–water partition coefficient (Wildman–Crippen LogP) is 6.63. The number of fused-ring (bicyclic) bond motifs is 1. The monoisotopic (exact) mass is 506 g/mol. The molecule has 0 unspecified atom stereocenters. The fourth-order valence-corrected chi connectivity index (χ4v) is 4.24. The van der Waals surface area contributed by atoms with E-state index in [0.29, 0.717) is 29.9 Å². The number of nitrogens with one attached hydrogen (secondary N) is 1. The van der Waals surface area contributed by atoms with Crippen molar-refractivity contribution in [1.82, 2.24) is 14.4 Å². The minimum atomic E-state index is -0.570. The lowest BCUT2D eigenvalue weighted by atomic mass is 10.1. The van der Waals surface area contributed by atoms with Gasteiger partial charge in [0.05, 0.1) is 11.4 Å². The van der Waals surface area contributed by atoms with Gasteiger partial charge in [-0.3, -0.25) is 9.72 Å². The van der Waals surface area contributed by atoms with E-state index in [1.54, 1.807) is 4.40 Å². The minimum absolute atomic E-state index is 0.0878. The molecule has 7 heteroatoms. The molecule has 2 N–H and O–H groups in total. The van der Waals surface area contributed by atoms with Gasteiger partial charge in [0, 0.05) is 30.3 Å². The number of ether oxygens (including phenoxy) is 1. The van der Waals surface area contributed by atoms with Gasteiger partial charge >= 0.3 is 6.09 Å². The number of carbonyl (C=O) groups is 1. The molecule has 38 heavy (non-hydrogen) atoms. The van der Waals surface area contributed by atoms with Crippen LogP contribution in [0.5, 0.6) is 5.88 Å². The normalized spacial score (nSPS) is 11.4. The van der Waals surface area contributed by atoms with E-state index in [0.717, 1.165) is 28.1 Å². The number of imidazole rings is 1. The molecule has 2 heterocycles. The van der Waals surface area contributed by atoms with E-state index < -0.39 is 11.7 Å². The van der Waals surface area contributed by atoms with Crippen LogP contribution in [0, 0.1) is 0 Å². The maximum Gasteiger partial charge on any atom is 0.412 e. The molecule has 2 aromatic heterocycles. The number of aromatic hydroxyl groups is 1. The summed E-state index contributed by atoms with van der Waals surface area (Å²) in [5.41, 5.74) is 5.82. The molecule has 0 saturated heterocycles. The standard InChI is InChI=1S/C31H30N4O3/c1-31(2,3)38-30(37)32-24-16-14-22(15-17-24)19-26-29(36)35-20-27(23-12-8-5-9-13-23)33-25(28(35)34-26)18-21-10-6-4-7-11-21/h4-17,20,36H,18-19H2,1-3H3,(H,32,37). The molecule has 1 amide bonds. The van der Waals surface area contributed by atoms with E-state index in [2.05, 4.69) is 17.4 Å². The third kappa shape index (κ3) is 5.83. The summed E-state index contributed by atoms with van der Waals surface area (Å²) in [6.45, 7) is 5.46. The van der Waals surface area contributed by atoms with Crippen LogP contribution in [0.3, 0.4) is 0 Å². The Balaban J connectivity index is 1.45. The number of carbonyl (C=O) groups excluding carboxylic acids is 1. The zero-order chi connectivity index (χ0) is 26.7. The molecule has 0 aliphatic heterocycles. The van der Waals surface area contributed by atoms with Crippen molar-refractivity contribution < 1.29 is 14.6 Å². The zero-order valence-corrected chi connectivity index (χ0v) is 21.7. The predicted molar refractivity (Wildman–Crippen MR) is 148 cm³/mol. The van der Waals surface area contributed by atoms with Gasteiger partial charge in [-0.1, -0.05) is 72.8 Å². The topological polar surface area (TPSA) is 88.8 Å². The number of rotatable bonds is 6. The smallest absolute Gasteiger partial charge is 0.412 e. The molecule has 5 aromatic rings. The van der Waals surface area contributed by atoms with Gasteiger partial charge in [0.25, 0.3) is 0 Å². The Morgan fingerprint density at radius 2 is 1.45 bits per heavy atom. The van der Waals surface area contributed by atoms with Crippen LogP contribution >= 0.6 is 0 Å². The Hall–Kier alpha value is -4.65. The van der Waals surface area contributed by atoms with Crippen LogP contribution in [-0.4, -0.2) is 31.2 Å². The van der Waals surface area contributed by atoms with Crippen LogP contribution in [0.4, 0.5) is 10.5 Å². The van der Waals surface area contributed by atoms with Gasteiger partial charge in [-0.15, -0.1) is 0 Å². The minimum Gasteiger partial charge on any atom is -0.493 e. The van der Waals surface area contributed by atoms with Gasteiger partial charge in [-0.2, -0.15) is 0 Å². The molecule has 0 aliphatic rings. The Labute approximate surface area is 221 Å². The van der Waals surface area contributed by atoms with E-state index in [1.165, 1.54) is 0 Å².